The number of hydrogen-bond donors (Lipinski definition) is 1. The van der Waals surface area contributed by atoms with Gasteiger partial charge in [-0.25, -0.2) is 9.29 Å². The molecule has 0 spiro atoms. The van der Waals surface area contributed by atoms with Crippen molar-refractivity contribution < 1.29 is 28.5 Å². The van der Waals surface area contributed by atoms with Gasteiger partial charge in [0.15, 0.2) is 28.8 Å². The summed E-state index contributed by atoms with van der Waals surface area (Å²) in [5.41, 5.74) is 0.827. The number of phenols is 1. The van der Waals surface area contributed by atoms with Gasteiger partial charge in [0.05, 0.1) is 5.69 Å². The van der Waals surface area contributed by atoms with Crippen molar-refractivity contribution in [1.82, 2.24) is 0 Å². The van der Waals surface area contributed by atoms with Crippen LogP contribution >= 0.6 is 12.2 Å². The summed E-state index contributed by atoms with van der Waals surface area (Å²) < 4.78 is 29.3. The summed E-state index contributed by atoms with van der Waals surface area (Å²) in [7, 11) is 0. The van der Waals surface area contributed by atoms with Crippen LogP contribution in [0.15, 0.2) is 42.2 Å². The molecule has 4 rings (SSSR count). The molecule has 6 nitrogen and oxygen atoms in total. The quantitative estimate of drug-likeness (QED) is 0.657. The van der Waals surface area contributed by atoms with Gasteiger partial charge in [-0.3, -0.25) is 4.79 Å². The number of fused-ring (bicyclic) bond motifs is 1. The van der Waals surface area contributed by atoms with Gasteiger partial charge in [-0.15, -0.1) is 0 Å². The van der Waals surface area contributed by atoms with Crippen molar-refractivity contribution >= 4 is 35.1 Å². The summed E-state index contributed by atoms with van der Waals surface area (Å²) in [4.78, 5) is 13.8. The van der Waals surface area contributed by atoms with Crippen molar-refractivity contribution in [2.45, 2.75) is 0 Å². The highest BCUT2D eigenvalue weighted by molar-refractivity contribution is 7.80. The van der Waals surface area contributed by atoms with Crippen molar-refractivity contribution in [3.63, 3.8) is 0 Å². The van der Waals surface area contributed by atoms with E-state index in [1.165, 1.54) is 23.1 Å². The average molecular weight is 359 g/mol. The molecule has 8 heteroatoms. The first kappa shape index (κ1) is 15.4. The van der Waals surface area contributed by atoms with E-state index in [4.69, 9.17) is 26.4 Å². The molecule has 1 amide bonds. The first-order valence-electron chi connectivity index (χ1n) is 7.19. The lowest BCUT2D eigenvalue weighted by molar-refractivity contribution is -0.114. The van der Waals surface area contributed by atoms with Gasteiger partial charge in [-0.1, -0.05) is 6.07 Å². The highest BCUT2D eigenvalue weighted by Crippen LogP contribution is 2.37. The molecule has 2 aliphatic rings. The van der Waals surface area contributed by atoms with E-state index in [-0.39, 0.29) is 17.7 Å². The number of carbonyl (C=O) groups excluding carboxylic acids is 1. The average Bonchev–Trinajstić information content (AvgIpc) is 3.15. The van der Waals surface area contributed by atoms with E-state index >= 15 is 0 Å². The second kappa shape index (κ2) is 5.75. The predicted octanol–water partition coefficient (Wildman–Crippen LogP) is 2.95. The minimum Gasteiger partial charge on any atom is -0.505 e. The van der Waals surface area contributed by atoms with Crippen LogP contribution in [0.1, 0.15) is 5.56 Å². The molecule has 0 unspecified atom stereocenters. The fraction of sp³-hybridized carbons (Fsp3) is 0.0588. The number of benzene rings is 2. The minimum absolute atomic E-state index is 0.0469. The van der Waals surface area contributed by atoms with Crippen LogP contribution in [0.3, 0.4) is 0 Å². The highest BCUT2D eigenvalue weighted by Gasteiger charge is 2.35. The third-order valence-corrected chi connectivity index (χ3v) is 3.94. The Morgan fingerprint density at radius 2 is 1.96 bits per heavy atom. The van der Waals surface area contributed by atoms with Gasteiger partial charge in [0.2, 0.25) is 6.79 Å². The smallest absolute Gasteiger partial charge is 0.301 e. The van der Waals surface area contributed by atoms with Gasteiger partial charge in [0.1, 0.15) is 0 Å². The zero-order chi connectivity index (χ0) is 17.6. The standard InChI is InChI=1S/C17H10FNO5S/c18-11-5-9(1-3-12(11)20)6-15-16(21)19(17(25)24-15)10-2-4-13-14(7-10)23-8-22-13/h1-7,20H,8H2. The Morgan fingerprint density at radius 3 is 2.76 bits per heavy atom. The first-order chi connectivity index (χ1) is 12.0. The van der Waals surface area contributed by atoms with Gasteiger partial charge in [0, 0.05) is 6.07 Å². The SMILES string of the molecule is O=C1C(=Cc2ccc(O)c(F)c2)OC(=S)N1c1ccc2c(c1)OCO2. The van der Waals surface area contributed by atoms with Crippen LogP contribution < -0.4 is 14.4 Å². The molecule has 126 valence electrons. The molecule has 2 aliphatic heterocycles. The maximum atomic E-state index is 13.4. The molecule has 1 fully saturated rings. The molecule has 2 aromatic carbocycles. The number of carbonyl (C=O) groups is 1. The summed E-state index contributed by atoms with van der Waals surface area (Å²) in [5, 5.41) is 9.17. The zero-order valence-electron chi connectivity index (χ0n) is 12.6. The molecule has 0 aromatic heterocycles. The van der Waals surface area contributed by atoms with Crippen molar-refractivity contribution in [2.24, 2.45) is 0 Å². The molecular weight excluding hydrogens is 349 g/mol. The number of amides is 1. The molecule has 0 bridgehead atoms. The summed E-state index contributed by atoms with van der Waals surface area (Å²) in [6, 6.07) is 8.68. The number of phenolic OH excluding ortho intramolecular Hbond substituents is 1. The fourth-order valence-electron chi connectivity index (χ4n) is 2.48. The van der Waals surface area contributed by atoms with Gasteiger partial charge < -0.3 is 19.3 Å². The summed E-state index contributed by atoms with van der Waals surface area (Å²) >= 11 is 5.12. The molecule has 2 aromatic rings. The molecule has 0 aliphatic carbocycles. The molecule has 1 saturated heterocycles. The van der Waals surface area contributed by atoms with Crippen LogP contribution in [0, 0.1) is 5.82 Å². The van der Waals surface area contributed by atoms with Crippen molar-refractivity contribution in [1.29, 1.82) is 0 Å². The Labute approximate surface area is 146 Å². The largest absolute Gasteiger partial charge is 0.505 e. The normalized spacial score (nSPS) is 17.3. The molecular formula is C17H10FNO5S. The molecule has 0 radical (unpaired) electrons. The van der Waals surface area contributed by atoms with E-state index in [2.05, 4.69) is 0 Å². The lowest BCUT2D eigenvalue weighted by Gasteiger charge is -2.12. The number of rotatable bonds is 2. The number of hydrogen-bond acceptors (Lipinski definition) is 6. The maximum Gasteiger partial charge on any atom is 0.301 e. The van der Waals surface area contributed by atoms with Gasteiger partial charge >= 0.3 is 5.91 Å². The van der Waals surface area contributed by atoms with E-state index in [1.54, 1.807) is 18.2 Å². The molecule has 25 heavy (non-hydrogen) atoms. The number of aromatic hydroxyl groups is 1. The topological polar surface area (TPSA) is 68.2 Å². The van der Waals surface area contributed by atoms with Crippen LogP contribution in [-0.4, -0.2) is 23.0 Å². The van der Waals surface area contributed by atoms with Crippen molar-refractivity contribution in [2.75, 3.05) is 11.7 Å². The van der Waals surface area contributed by atoms with Crippen LogP contribution in [0.5, 0.6) is 17.2 Å². The van der Waals surface area contributed by atoms with Gasteiger partial charge in [-0.2, -0.15) is 0 Å². The van der Waals surface area contributed by atoms with E-state index < -0.39 is 17.5 Å². The van der Waals surface area contributed by atoms with Gasteiger partial charge in [0.25, 0.3) is 5.17 Å². The second-order valence-electron chi connectivity index (χ2n) is 5.27. The van der Waals surface area contributed by atoms with E-state index in [9.17, 15) is 14.3 Å². The van der Waals surface area contributed by atoms with E-state index in [0.29, 0.717) is 22.7 Å². The Kier molecular flexibility index (Phi) is 3.54. The molecule has 0 atom stereocenters. The third kappa shape index (κ3) is 2.66. The summed E-state index contributed by atoms with van der Waals surface area (Å²) in [5.74, 6) is -0.720. The monoisotopic (exact) mass is 359 g/mol. The number of nitrogens with zero attached hydrogens (tertiary/aromatic N) is 1. The highest BCUT2D eigenvalue weighted by atomic mass is 32.1. The van der Waals surface area contributed by atoms with Crippen molar-refractivity contribution in [3.05, 3.63) is 53.5 Å². The van der Waals surface area contributed by atoms with Gasteiger partial charge in [-0.05, 0) is 48.1 Å². The number of halogens is 1. The predicted molar refractivity (Wildman–Crippen MR) is 89.8 cm³/mol. The third-order valence-electron chi connectivity index (χ3n) is 3.68. The minimum atomic E-state index is -0.796. The Balaban J connectivity index is 1.66. The van der Waals surface area contributed by atoms with E-state index in [0.717, 1.165) is 6.07 Å². The first-order valence-corrected chi connectivity index (χ1v) is 7.60. The lowest BCUT2D eigenvalue weighted by atomic mass is 10.2. The Bertz CT molecular complexity index is 943. The van der Waals surface area contributed by atoms with E-state index in [1.807, 2.05) is 0 Å². The van der Waals surface area contributed by atoms with Crippen LogP contribution in [0.4, 0.5) is 10.1 Å². The summed E-state index contributed by atoms with van der Waals surface area (Å²) in [6.07, 6.45) is 1.35. The molecule has 1 N–H and O–H groups in total. The number of thiocarbonyl (C=S) groups is 1. The van der Waals surface area contributed by atoms with Crippen LogP contribution in [0.25, 0.3) is 6.08 Å². The van der Waals surface area contributed by atoms with Crippen LogP contribution in [0.2, 0.25) is 0 Å². The molecule has 0 saturated carbocycles. The second-order valence-corrected chi connectivity index (χ2v) is 5.61. The number of anilines is 1. The Hall–Kier alpha value is -3.13. The fourth-order valence-corrected chi connectivity index (χ4v) is 2.76. The lowest BCUT2D eigenvalue weighted by Crippen LogP contribution is -2.27. The maximum absolute atomic E-state index is 13.4. The van der Waals surface area contributed by atoms with Crippen molar-refractivity contribution in [3.8, 4) is 17.2 Å². The number of ether oxygens (including phenoxy) is 3. The summed E-state index contributed by atoms with van der Waals surface area (Å²) in [6.45, 7) is 0.116. The zero-order valence-corrected chi connectivity index (χ0v) is 13.4. The molecule has 2 heterocycles. The van der Waals surface area contributed by atoms with Crippen LogP contribution in [-0.2, 0) is 9.53 Å². The Morgan fingerprint density at radius 1 is 1.16 bits per heavy atom.